The minimum absolute atomic E-state index is 0. The predicted octanol–water partition coefficient (Wildman–Crippen LogP) is 3.85. The van der Waals surface area contributed by atoms with Crippen LogP contribution in [-0.2, 0) is 13.6 Å². The number of aromatic nitrogens is 2. The molecule has 0 fully saturated rings. The maximum absolute atomic E-state index is 10.3. The van der Waals surface area contributed by atoms with Crippen molar-refractivity contribution in [2.75, 3.05) is 14.1 Å². The van der Waals surface area contributed by atoms with E-state index >= 15 is 0 Å². The quantitative estimate of drug-likeness (QED) is 0.777. The summed E-state index contributed by atoms with van der Waals surface area (Å²) >= 11 is 0. The first-order valence-corrected chi connectivity index (χ1v) is 6.92. The zero-order valence-corrected chi connectivity index (χ0v) is 15.0. The molecule has 0 bridgehead atoms. The number of pyridine rings is 1. The Morgan fingerprint density at radius 1 is 1.17 bits per heavy atom. The molecule has 23 heavy (non-hydrogen) atoms. The first-order chi connectivity index (χ1) is 10.1. The van der Waals surface area contributed by atoms with Gasteiger partial charge in [-0.15, -0.1) is 24.8 Å². The van der Waals surface area contributed by atoms with Gasteiger partial charge in [0.25, 0.3) is 0 Å². The third kappa shape index (κ3) is 3.78. The Morgan fingerprint density at radius 3 is 2.52 bits per heavy atom. The summed E-state index contributed by atoms with van der Waals surface area (Å²) in [7, 11) is 6.16. The van der Waals surface area contributed by atoms with E-state index in [1.54, 1.807) is 12.4 Å². The number of benzene rings is 1. The van der Waals surface area contributed by atoms with Crippen molar-refractivity contribution in [1.82, 2.24) is 14.5 Å². The van der Waals surface area contributed by atoms with Gasteiger partial charge in [-0.1, -0.05) is 6.07 Å². The Balaban J connectivity index is 0.00000132. The Hall–Kier alpha value is -1.75. The third-order valence-electron chi connectivity index (χ3n) is 3.71. The second-order valence-electron chi connectivity index (χ2n) is 5.60. The van der Waals surface area contributed by atoms with Gasteiger partial charge in [0.1, 0.15) is 5.75 Å². The van der Waals surface area contributed by atoms with Gasteiger partial charge in [0.05, 0.1) is 0 Å². The van der Waals surface area contributed by atoms with E-state index in [1.165, 1.54) is 5.69 Å². The Morgan fingerprint density at radius 2 is 1.91 bits per heavy atom. The molecular formula is C17H21Cl2N3O. The molecule has 4 nitrogen and oxygen atoms in total. The molecule has 3 rings (SSSR count). The van der Waals surface area contributed by atoms with Gasteiger partial charge in [0.15, 0.2) is 0 Å². The summed E-state index contributed by atoms with van der Waals surface area (Å²) in [5.74, 6) is 0.289. The summed E-state index contributed by atoms with van der Waals surface area (Å²) < 4.78 is 2.18. The van der Waals surface area contributed by atoms with Crippen LogP contribution in [-0.4, -0.2) is 33.7 Å². The lowest BCUT2D eigenvalue weighted by Crippen LogP contribution is -2.13. The molecule has 3 aromatic rings. The Bertz CT molecular complexity index is 785. The highest BCUT2D eigenvalue weighted by atomic mass is 35.5. The molecule has 0 aliphatic carbocycles. The fourth-order valence-electron chi connectivity index (χ4n) is 2.66. The fourth-order valence-corrected chi connectivity index (χ4v) is 2.66. The molecule has 1 aromatic carbocycles. The molecule has 0 radical (unpaired) electrons. The molecule has 0 saturated carbocycles. The molecule has 0 unspecified atom stereocenters. The van der Waals surface area contributed by atoms with Crippen LogP contribution in [0.4, 0.5) is 0 Å². The maximum Gasteiger partial charge on any atom is 0.124 e. The monoisotopic (exact) mass is 353 g/mol. The first kappa shape index (κ1) is 19.3. The molecule has 0 aliphatic heterocycles. The molecular weight excluding hydrogens is 333 g/mol. The van der Waals surface area contributed by atoms with Crippen LogP contribution in [0.1, 0.15) is 5.69 Å². The smallest absolute Gasteiger partial charge is 0.124 e. The molecule has 0 amide bonds. The van der Waals surface area contributed by atoms with Gasteiger partial charge in [-0.3, -0.25) is 4.98 Å². The van der Waals surface area contributed by atoms with Gasteiger partial charge in [-0.2, -0.15) is 0 Å². The van der Waals surface area contributed by atoms with Crippen LogP contribution in [0, 0.1) is 0 Å². The fraction of sp³-hybridized carbons (Fsp3) is 0.235. The zero-order chi connectivity index (χ0) is 15.0. The van der Waals surface area contributed by atoms with Crippen LogP contribution in [0.25, 0.3) is 22.0 Å². The van der Waals surface area contributed by atoms with Crippen molar-refractivity contribution in [3.05, 3.63) is 48.4 Å². The summed E-state index contributed by atoms with van der Waals surface area (Å²) in [4.78, 5) is 6.26. The molecule has 0 aliphatic rings. The van der Waals surface area contributed by atoms with E-state index in [1.807, 2.05) is 24.3 Å². The van der Waals surface area contributed by atoms with E-state index in [0.717, 1.165) is 28.6 Å². The van der Waals surface area contributed by atoms with Gasteiger partial charge in [0, 0.05) is 53.7 Å². The van der Waals surface area contributed by atoms with Gasteiger partial charge in [-0.25, -0.2) is 0 Å². The van der Waals surface area contributed by atoms with Gasteiger partial charge >= 0.3 is 0 Å². The van der Waals surface area contributed by atoms with Gasteiger partial charge in [0.2, 0.25) is 0 Å². The van der Waals surface area contributed by atoms with Crippen molar-refractivity contribution in [3.63, 3.8) is 0 Å². The van der Waals surface area contributed by atoms with E-state index < -0.39 is 0 Å². The van der Waals surface area contributed by atoms with Crippen molar-refractivity contribution in [2.24, 2.45) is 7.05 Å². The van der Waals surface area contributed by atoms with E-state index in [2.05, 4.69) is 41.7 Å². The lowest BCUT2D eigenvalue weighted by Gasteiger charge is -2.11. The molecule has 0 spiro atoms. The van der Waals surface area contributed by atoms with Crippen molar-refractivity contribution >= 4 is 35.7 Å². The summed E-state index contributed by atoms with van der Waals surface area (Å²) in [6.45, 7) is 0.869. The topological polar surface area (TPSA) is 41.3 Å². The Labute approximate surface area is 148 Å². The van der Waals surface area contributed by atoms with Crippen molar-refractivity contribution in [1.29, 1.82) is 0 Å². The van der Waals surface area contributed by atoms with Crippen LogP contribution < -0.4 is 0 Å². The van der Waals surface area contributed by atoms with Crippen LogP contribution >= 0.6 is 24.8 Å². The lowest BCUT2D eigenvalue weighted by atomic mass is 10.0. The molecule has 2 heterocycles. The summed E-state index contributed by atoms with van der Waals surface area (Å²) in [5, 5.41) is 11.4. The molecule has 2 aromatic heterocycles. The number of rotatable bonds is 3. The molecule has 1 N–H and O–H groups in total. The van der Waals surface area contributed by atoms with Crippen LogP contribution in [0.15, 0.2) is 42.7 Å². The van der Waals surface area contributed by atoms with Crippen LogP contribution in [0.5, 0.6) is 5.75 Å². The number of hydrogen-bond acceptors (Lipinski definition) is 3. The molecule has 0 saturated heterocycles. The van der Waals surface area contributed by atoms with Crippen LogP contribution in [0.2, 0.25) is 0 Å². The van der Waals surface area contributed by atoms with Gasteiger partial charge < -0.3 is 14.6 Å². The second kappa shape index (κ2) is 7.68. The number of hydrogen-bond donors (Lipinski definition) is 1. The number of aryl methyl sites for hydroxylation is 1. The highest BCUT2D eigenvalue weighted by molar-refractivity contribution is 5.89. The lowest BCUT2D eigenvalue weighted by molar-refractivity contribution is 0.392. The maximum atomic E-state index is 10.3. The Kier molecular flexibility index (Phi) is 6.45. The van der Waals surface area contributed by atoms with Crippen LogP contribution in [0.3, 0.4) is 0 Å². The van der Waals surface area contributed by atoms with E-state index in [4.69, 9.17) is 0 Å². The summed E-state index contributed by atoms with van der Waals surface area (Å²) in [5.41, 5.74) is 4.07. The highest BCUT2D eigenvalue weighted by Crippen LogP contribution is 2.34. The molecule has 6 heteroatoms. The number of aromatic hydroxyl groups is 1. The second-order valence-corrected chi connectivity index (χ2v) is 5.60. The van der Waals surface area contributed by atoms with Gasteiger partial charge in [-0.05, 0) is 38.4 Å². The normalized spacial score (nSPS) is 10.4. The average Bonchev–Trinajstić information content (AvgIpc) is 2.74. The molecule has 124 valence electrons. The predicted molar refractivity (Wildman–Crippen MR) is 99.7 cm³/mol. The highest BCUT2D eigenvalue weighted by Gasteiger charge is 2.12. The number of nitrogens with zero attached hydrogens (tertiary/aromatic N) is 3. The van der Waals surface area contributed by atoms with Crippen molar-refractivity contribution in [3.8, 4) is 16.9 Å². The average molecular weight is 354 g/mol. The molecule has 0 atom stereocenters. The zero-order valence-electron chi connectivity index (χ0n) is 13.4. The summed E-state index contributed by atoms with van der Waals surface area (Å²) in [6.07, 6.45) is 3.50. The van der Waals surface area contributed by atoms with E-state index in [9.17, 15) is 5.11 Å². The number of halogens is 2. The minimum Gasteiger partial charge on any atom is -0.507 e. The number of phenols is 1. The standard InChI is InChI=1S/C17H19N3O.2ClH/c1-19(2)11-14-7-13-8-17(21)15(9-16(13)20(14)3)12-5-4-6-18-10-12;;/h4-10,21H,11H2,1-3H3;2*1H. The third-order valence-corrected chi connectivity index (χ3v) is 3.71. The van der Waals surface area contributed by atoms with Crippen molar-refractivity contribution < 1.29 is 5.11 Å². The van der Waals surface area contributed by atoms with Crippen molar-refractivity contribution in [2.45, 2.75) is 6.54 Å². The van der Waals surface area contributed by atoms with E-state index in [-0.39, 0.29) is 30.6 Å². The number of fused-ring (bicyclic) bond motifs is 1. The van der Waals surface area contributed by atoms with E-state index in [0.29, 0.717) is 0 Å². The summed E-state index contributed by atoms with van der Waals surface area (Å²) in [6, 6.07) is 9.82. The SMILES string of the molecule is CN(C)Cc1cc2cc(O)c(-c3cccnc3)cc2n1C.Cl.Cl. The number of phenolic OH excluding ortho intramolecular Hbond substituents is 1. The largest absolute Gasteiger partial charge is 0.507 e. The first-order valence-electron chi connectivity index (χ1n) is 6.92. The minimum atomic E-state index is 0.